The van der Waals surface area contributed by atoms with Gasteiger partial charge in [-0.15, -0.1) is 0 Å². The molecule has 0 fully saturated rings. The lowest BCUT2D eigenvalue weighted by molar-refractivity contribution is 0.0949. The number of para-hydroxylation sites is 1. The van der Waals surface area contributed by atoms with E-state index in [1.807, 2.05) is 0 Å². The Bertz CT molecular complexity index is 1100. The van der Waals surface area contributed by atoms with Gasteiger partial charge in [0.2, 0.25) is 0 Å². The number of carbonyl (C=O) groups is 2. The number of amides is 2. The summed E-state index contributed by atoms with van der Waals surface area (Å²) in [5, 5.41) is 5.44. The summed E-state index contributed by atoms with van der Waals surface area (Å²) < 4.78 is 29.0. The Morgan fingerprint density at radius 2 is 1.66 bits per heavy atom. The fourth-order valence-corrected chi connectivity index (χ4v) is 3.52. The van der Waals surface area contributed by atoms with Gasteiger partial charge in [-0.05, 0) is 48.5 Å². The van der Waals surface area contributed by atoms with E-state index in [2.05, 4.69) is 10.6 Å². The fourth-order valence-electron chi connectivity index (χ4n) is 2.64. The molecular formula is C21H20N2O5S. The molecule has 0 spiro atoms. The van der Waals surface area contributed by atoms with Crippen LogP contribution in [0.2, 0.25) is 0 Å². The zero-order chi connectivity index (χ0) is 20.9. The Morgan fingerprint density at radius 1 is 0.931 bits per heavy atom. The maximum Gasteiger partial charge on any atom is 0.255 e. The minimum atomic E-state index is -3.33. The molecule has 0 aliphatic carbocycles. The molecule has 0 saturated heterocycles. The summed E-state index contributed by atoms with van der Waals surface area (Å²) in [6.07, 6.45) is 1.52. The summed E-state index contributed by atoms with van der Waals surface area (Å²) in [5.74, 6) is -0.209. The zero-order valence-electron chi connectivity index (χ0n) is 15.7. The van der Waals surface area contributed by atoms with E-state index in [0.717, 1.165) is 0 Å². The van der Waals surface area contributed by atoms with Crippen molar-refractivity contribution < 1.29 is 22.4 Å². The minimum Gasteiger partial charge on any atom is -0.467 e. The number of anilines is 1. The molecule has 0 unspecified atom stereocenters. The molecular weight excluding hydrogens is 392 g/mol. The number of sulfone groups is 1. The molecule has 29 heavy (non-hydrogen) atoms. The van der Waals surface area contributed by atoms with Gasteiger partial charge in [-0.1, -0.05) is 19.1 Å². The lowest BCUT2D eigenvalue weighted by Crippen LogP contribution is -2.24. The average Bonchev–Trinajstić information content (AvgIpc) is 3.26. The van der Waals surface area contributed by atoms with Gasteiger partial charge in [-0.25, -0.2) is 8.42 Å². The zero-order valence-corrected chi connectivity index (χ0v) is 16.5. The number of benzene rings is 2. The second kappa shape index (κ2) is 8.74. The van der Waals surface area contributed by atoms with Crippen molar-refractivity contribution in [3.05, 3.63) is 83.8 Å². The lowest BCUT2D eigenvalue weighted by atomic mass is 10.1. The van der Waals surface area contributed by atoms with Crippen LogP contribution in [0.1, 0.15) is 33.4 Å². The van der Waals surface area contributed by atoms with Gasteiger partial charge in [0, 0.05) is 5.56 Å². The second-order valence-electron chi connectivity index (χ2n) is 6.19. The van der Waals surface area contributed by atoms with Crippen LogP contribution in [-0.4, -0.2) is 26.0 Å². The monoisotopic (exact) mass is 412 g/mol. The molecule has 3 aromatic rings. The topological polar surface area (TPSA) is 105 Å². The summed E-state index contributed by atoms with van der Waals surface area (Å²) in [6, 6.07) is 15.8. The smallest absolute Gasteiger partial charge is 0.255 e. The summed E-state index contributed by atoms with van der Waals surface area (Å²) in [5.41, 5.74) is 0.933. The first-order valence-corrected chi connectivity index (χ1v) is 10.6. The van der Waals surface area contributed by atoms with Gasteiger partial charge in [0.25, 0.3) is 11.8 Å². The van der Waals surface area contributed by atoms with Crippen molar-refractivity contribution in [1.82, 2.24) is 5.32 Å². The van der Waals surface area contributed by atoms with Gasteiger partial charge in [-0.2, -0.15) is 0 Å². The Hall–Kier alpha value is -3.39. The largest absolute Gasteiger partial charge is 0.467 e. The molecule has 0 aliphatic rings. The van der Waals surface area contributed by atoms with E-state index in [4.69, 9.17) is 4.42 Å². The SMILES string of the molecule is CCS(=O)(=O)c1ccc(C(=O)Nc2ccccc2C(=O)NCc2ccco2)cc1. The number of rotatable bonds is 7. The molecule has 2 N–H and O–H groups in total. The average molecular weight is 412 g/mol. The van der Waals surface area contributed by atoms with E-state index in [-0.39, 0.29) is 28.7 Å². The normalized spacial score (nSPS) is 11.1. The van der Waals surface area contributed by atoms with Crippen molar-refractivity contribution in [2.75, 3.05) is 11.1 Å². The summed E-state index contributed by atoms with van der Waals surface area (Å²) in [7, 11) is -3.33. The summed E-state index contributed by atoms with van der Waals surface area (Å²) in [6.45, 7) is 1.78. The molecule has 1 aromatic heterocycles. The maximum absolute atomic E-state index is 12.6. The number of furan rings is 1. The Morgan fingerprint density at radius 3 is 2.31 bits per heavy atom. The van der Waals surface area contributed by atoms with E-state index >= 15 is 0 Å². The first kappa shape index (κ1) is 20.3. The van der Waals surface area contributed by atoms with E-state index < -0.39 is 15.7 Å². The lowest BCUT2D eigenvalue weighted by Gasteiger charge is -2.11. The summed E-state index contributed by atoms with van der Waals surface area (Å²) >= 11 is 0. The van der Waals surface area contributed by atoms with Crippen molar-refractivity contribution in [3.63, 3.8) is 0 Å². The van der Waals surface area contributed by atoms with Gasteiger partial charge in [0.15, 0.2) is 9.84 Å². The molecule has 0 radical (unpaired) electrons. The number of hydrogen-bond acceptors (Lipinski definition) is 5. The molecule has 7 nitrogen and oxygen atoms in total. The first-order valence-electron chi connectivity index (χ1n) is 8.94. The van der Waals surface area contributed by atoms with Gasteiger partial charge < -0.3 is 15.1 Å². The molecule has 8 heteroatoms. The van der Waals surface area contributed by atoms with E-state index in [1.54, 1.807) is 43.3 Å². The van der Waals surface area contributed by atoms with Gasteiger partial charge in [-0.3, -0.25) is 9.59 Å². The third-order valence-corrected chi connectivity index (χ3v) is 6.03. The Kier molecular flexibility index (Phi) is 6.13. The van der Waals surface area contributed by atoms with Crippen molar-refractivity contribution >= 4 is 27.3 Å². The summed E-state index contributed by atoms with van der Waals surface area (Å²) in [4.78, 5) is 25.2. The van der Waals surface area contributed by atoms with Crippen LogP contribution in [0.3, 0.4) is 0 Å². The molecule has 1 heterocycles. The van der Waals surface area contributed by atoms with Crippen molar-refractivity contribution in [2.45, 2.75) is 18.4 Å². The van der Waals surface area contributed by atoms with Gasteiger partial charge in [0.05, 0.1) is 34.7 Å². The molecule has 0 saturated carbocycles. The van der Waals surface area contributed by atoms with Crippen molar-refractivity contribution in [1.29, 1.82) is 0 Å². The predicted molar refractivity (Wildman–Crippen MR) is 108 cm³/mol. The second-order valence-corrected chi connectivity index (χ2v) is 8.47. The third kappa shape index (κ3) is 4.91. The Balaban J connectivity index is 1.73. The highest BCUT2D eigenvalue weighted by Crippen LogP contribution is 2.18. The first-order chi connectivity index (χ1) is 13.9. The highest BCUT2D eigenvalue weighted by Gasteiger charge is 2.16. The number of hydrogen-bond donors (Lipinski definition) is 2. The molecule has 0 bridgehead atoms. The van der Waals surface area contributed by atoms with E-state index in [1.165, 1.54) is 30.5 Å². The van der Waals surface area contributed by atoms with Crippen LogP contribution >= 0.6 is 0 Å². The Labute approximate surface area is 168 Å². The molecule has 2 aromatic carbocycles. The van der Waals surface area contributed by atoms with Crippen LogP contribution in [0, 0.1) is 0 Å². The number of carbonyl (C=O) groups excluding carboxylic acids is 2. The highest BCUT2D eigenvalue weighted by molar-refractivity contribution is 7.91. The standard InChI is InChI=1S/C21H20N2O5S/c1-2-29(26,27)17-11-9-15(10-12-17)20(24)23-19-8-4-3-7-18(19)21(25)22-14-16-6-5-13-28-16/h3-13H,2,14H2,1H3,(H,22,25)(H,23,24). The molecule has 2 amide bonds. The van der Waals surface area contributed by atoms with E-state index in [9.17, 15) is 18.0 Å². The van der Waals surface area contributed by atoms with Gasteiger partial charge in [0.1, 0.15) is 5.76 Å². The highest BCUT2D eigenvalue weighted by atomic mass is 32.2. The quantitative estimate of drug-likeness (QED) is 0.620. The van der Waals surface area contributed by atoms with Crippen LogP contribution in [-0.2, 0) is 16.4 Å². The molecule has 0 atom stereocenters. The van der Waals surface area contributed by atoms with E-state index in [0.29, 0.717) is 17.0 Å². The predicted octanol–water partition coefficient (Wildman–Crippen LogP) is 3.26. The van der Waals surface area contributed by atoms with Crippen LogP contribution in [0.5, 0.6) is 0 Å². The van der Waals surface area contributed by atoms with Crippen LogP contribution in [0.15, 0.2) is 76.2 Å². The molecule has 3 rings (SSSR count). The van der Waals surface area contributed by atoms with Crippen LogP contribution in [0.25, 0.3) is 0 Å². The van der Waals surface area contributed by atoms with Crippen molar-refractivity contribution in [3.8, 4) is 0 Å². The molecule has 0 aliphatic heterocycles. The van der Waals surface area contributed by atoms with Crippen LogP contribution in [0.4, 0.5) is 5.69 Å². The van der Waals surface area contributed by atoms with Crippen LogP contribution < -0.4 is 10.6 Å². The minimum absolute atomic E-state index is 0.0148. The third-order valence-electron chi connectivity index (χ3n) is 4.28. The van der Waals surface area contributed by atoms with Gasteiger partial charge >= 0.3 is 0 Å². The fraction of sp³-hybridized carbons (Fsp3) is 0.143. The maximum atomic E-state index is 12.6. The number of nitrogens with one attached hydrogen (secondary N) is 2. The molecule has 150 valence electrons. The van der Waals surface area contributed by atoms with Crippen molar-refractivity contribution in [2.24, 2.45) is 0 Å².